The number of carbonyl (C=O) groups is 1. The van der Waals surface area contributed by atoms with Gasteiger partial charge in [0.1, 0.15) is 12.6 Å². The molecule has 0 radical (unpaired) electrons. The van der Waals surface area contributed by atoms with E-state index < -0.39 is 0 Å². The van der Waals surface area contributed by atoms with Crippen molar-refractivity contribution in [3.05, 3.63) is 11.9 Å². The summed E-state index contributed by atoms with van der Waals surface area (Å²) in [6, 6.07) is 1.81. The van der Waals surface area contributed by atoms with Crippen molar-refractivity contribution in [2.75, 3.05) is 0 Å². The van der Waals surface area contributed by atoms with Crippen LogP contribution in [0.5, 0.6) is 0 Å². The second kappa shape index (κ2) is 2.92. The minimum absolute atomic E-state index is 0.0145. The Morgan fingerprint density at radius 1 is 1.91 bits per heavy atom. The first kappa shape index (κ1) is 7.41. The van der Waals surface area contributed by atoms with Gasteiger partial charge in [0.05, 0.1) is 6.20 Å². The number of nitrogens with zero attached hydrogens (tertiary/aromatic N) is 4. The highest BCUT2D eigenvalue weighted by molar-refractivity contribution is 5.75. The Labute approximate surface area is 63.2 Å². The molecule has 56 valence electrons. The maximum Gasteiger partial charge on any atom is 0.182 e. The Morgan fingerprint density at radius 2 is 2.64 bits per heavy atom. The van der Waals surface area contributed by atoms with E-state index in [2.05, 4.69) is 10.3 Å². The fourth-order valence-electron chi connectivity index (χ4n) is 0.655. The summed E-state index contributed by atoms with van der Waals surface area (Å²) in [7, 11) is 0. The highest BCUT2D eigenvalue weighted by Crippen LogP contribution is 1.89. The molecule has 0 amide bonds. The Kier molecular flexibility index (Phi) is 1.97. The van der Waals surface area contributed by atoms with Crippen molar-refractivity contribution in [3.63, 3.8) is 0 Å². The van der Waals surface area contributed by atoms with Crippen molar-refractivity contribution < 1.29 is 4.79 Å². The minimum atomic E-state index is -0.0145. The molecule has 1 aromatic rings. The zero-order valence-electron chi connectivity index (χ0n) is 5.98. The lowest BCUT2D eigenvalue weighted by atomic mass is 10.4. The minimum Gasteiger partial charge on any atom is -0.298 e. The molecule has 0 fully saturated rings. The van der Waals surface area contributed by atoms with E-state index >= 15 is 0 Å². The zero-order valence-corrected chi connectivity index (χ0v) is 5.98. The van der Waals surface area contributed by atoms with Gasteiger partial charge in [-0.05, 0) is 6.92 Å². The van der Waals surface area contributed by atoms with E-state index in [1.807, 2.05) is 6.07 Å². The molecule has 0 spiro atoms. The quantitative estimate of drug-likeness (QED) is 0.582. The maximum absolute atomic E-state index is 10.5. The first-order valence-electron chi connectivity index (χ1n) is 3.02. The summed E-state index contributed by atoms with van der Waals surface area (Å²) in [6.07, 6.45) is 1.43. The summed E-state index contributed by atoms with van der Waals surface area (Å²) in [5, 5.41) is 15.4. The highest BCUT2D eigenvalue weighted by atomic mass is 16.1. The van der Waals surface area contributed by atoms with Crippen LogP contribution in [-0.4, -0.2) is 20.8 Å². The molecule has 0 saturated heterocycles. The standard InChI is InChI=1S/C6H6N4O/c1-5(11)3-10-4-6(2-7)8-9-10/h4H,3H2,1H3. The third-order valence-corrected chi connectivity index (χ3v) is 1.04. The molecule has 1 rings (SSSR count). The Bertz CT molecular complexity index is 309. The average molecular weight is 150 g/mol. The molecule has 0 saturated carbocycles. The number of rotatable bonds is 2. The van der Waals surface area contributed by atoms with Crippen LogP contribution in [0.2, 0.25) is 0 Å². The van der Waals surface area contributed by atoms with Gasteiger partial charge in [-0.2, -0.15) is 5.26 Å². The molecule has 1 heterocycles. The van der Waals surface area contributed by atoms with Gasteiger partial charge in [0.25, 0.3) is 0 Å². The summed E-state index contributed by atoms with van der Waals surface area (Å²) < 4.78 is 1.33. The zero-order chi connectivity index (χ0) is 8.27. The molecule has 5 heteroatoms. The molecular formula is C6H6N4O. The van der Waals surface area contributed by atoms with E-state index in [0.717, 1.165) is 0 Å². The normalized spacial score (nSPS) is 9.09. The topological polar surface area (TPSA) is 71.6 Å². The molecule has 5 nitrogen and oxygen atoms in total. The second-order valence-corrected chi connectivity index (χ2v) is 2.12. The monoisotopic (exact) mass is 150 g/mol. The van der Waals surface area contributed by atoms with E-state index in [0.29, 0.717) is 0 Å². The van der Waals surface area contributed by atoms with Crippen LogP contribution in [0.3, 0.4) is 0 Å². The molecule has 0 bridgehead atoms. The third-order valence-electron chi connectivity index (χ3n) is 1.04. The van der Waals surface area contributed by atoms with E-state index in [1.165, 1.54) is 17.8 Å². The first-order chi connectivity index (χ1) is 5.22. The molecule has 0 atom stereocenters. The number of hydrogen-bond donors (Lipinski definition) is 0. The first-order valence-corrected chi connectivity index (χ1v) is 3.02. The Hall–Kier alpha value is -1.70. The lowest BCUT2D eigenvalue weighted by molar-refractivity contribution is -0.117. The van der Waals surface area contributed by atoms with Gasteiger partial charge >= 0.3 is 0 Å². The van der Waals surface area contributed by atoms with Crippen LogP contribution in [0.15, 0.2) is 6.20 Å². The summed E-state index contributed by atoms with van der Waals surface area (Å²) in [5.74, 6) is -0.0145. The van der Waals surface area contributed by atoms with Gasteiger partial charge in [-0.1, -0.05) is 5.21 Å². The molecule has 0 unspecified atom stereocenters. The predicted molar refractivity (Wildman–Crippen MR) is 35.4 cm³/mol. The van der Waals surface area contributed by atoms with Gasteiger partial charge in [0.15, 0.2) is 11.5 Å². The number of nitriles is 1. The second-order valence-electron chi connectivity index (χ2n) is 2.12. The molecule has 0 aliphatic carbocycles. The van der Waals surface area contributed by atoms with Crippen LogP contribution < -0.4 is 0 Å². The van der Waals surface area contributed by atoms with Gasteiger partial charge < -0.3 is 0 Å². The van der Waals surface area contributed by atoms with E-state index in [1.54, 1.807) is 0 Å². The van der Waals surface area contributed by atoms with Gasteiger partial charge in [0.2, 0.25) is 0 Å². The van der Waals surface area contributed by atoms with Crippen LogP contribution in [0.4, 0.5) is 0 Å². The Balaban J connectivity index is 2.75. The van der Waals surface area contributed by atoms with Gasteiger partial charge in [-0.25, -0.2) is 4.68 Å². The van der Waals surface area contributed by atoms with Crippen LogP contribution in [0.25, 0.3) is 0 Å². The van der Waals surface area contributed by atoms with Crippen LogP contribution in [0.1, 0.15) is 12.6 Å². The molecule has 0 aromatic carbocycles. The van der Waals surface area contributed by atoms with Crippen molar-refractivity contribution in [3.8, 4) is 6.07 Å². The molecular weight excluding hydrogens is 144 g/mol. The summed E-state index contributed by atoms with van der Waals surface area (Å²) in [6.45, 7) is 1.63. The highest BCUT2D eigenvalue weighted by Gasteiger charge is 1.99. The fourth-order valence-corrected chi connectivity index (χ4v) is 0.655. The SMILES string of the molecule is CC(=O)Cn1cc(C#N)nn1. The molecule has 0 aliphatic rings. The number of hydrogen-bond acceptors (Lipinski definition) is 4. The van der Waals surface area contributed by atoms with Crippen LogP contribution >= 0.6 is 0 Å². The van der Waals surface area contributed by atoms with Crippen LogP contribution in [-0.2, 0) is 11.3 Å². The molecule has 11 heavy (non-hydrogen) atoms. The van der Waals surface area contributed by atoms with Crippen molar-refractivity contribution in [2.24, 2.45) is 0 Å². The number of ketones is 1. The average Bonchev–Trinajstić information content (AvgIpc) is 2.34. The van der Waals surface area contributed by atoms with Crippen LogP contribution in [0, 0.1) is 11.3 Å². The van der Waals surface area contributed by atoms with Crippen molar-refractivity contribution >= 4 is 5.78 Å². The Morgan fingerprint density at radius 3 is 3.09 bits per heavy atom. The summed E-state index contributed by atoms with van der Waals surface area (Å²) >= 11 is 0. The fraction of sp³-hybridized carbons (Fsp3) is 0.333. The largest absolute Gasteiger partial charge is 0.298 e. The number of carbonyl (C=O) groups excluding carboxylic acids is 1. The molecule has 0 N–H and O–H groups in total. The van der Waals surface area contributed by atoms with Gasteiger partial charge in [-0.15, -0.1) is 5.10 Å². The van der Waals surface area contributed by atoms with Gasteiger partial charge in [-0.3, -0.25) is 4.79 Å². The smallest absolute Gasteiger partial charge is 0.182 e. The third kappa shape index (κ3) is 1.86. The number of Topliss-reactive ketones (excluding diaryl/α,β-unsaturated/α-hetero) is 1. The summed E-state index contributed by atoms with van der Waals surface area (Å²) in [5.41, 5.74) is 0.228. The van der Waals surface area contributed by atoms with Crippen molar-refractivity contribution in [1.29, 1.82) is 5.26 Å². The van der Waals surface area contributed by atoms with Gasteiger partial charge in [0, 0.05) is 0 Å². The lowest BCUT2D eigenvalue weighted by Gasteiger charge is -1.90. The van der Waals surface area contributed by atoms with E-state index in [9.17, 15) is 4.79 Å². The molecule has 1 aromatic heterocycles. The summed E-state index contributed by atoms with van der Waals surface area (Å²) in [4.78, 5) is 10.5. The van der Waals surface area contributed by atoms with E-state index in [-0.39, 0.29) is 18.0 Å². The lowest BCUT2D eigenvalue weighted by Crippen LogP contribution is -2.06. The maximum atomic E-state index is 10.5. The van der Waals surface area contributed by atoms with Crippen molar-refractivity contribution in [2.45, 2.75) is 13.5 Å². The predicted octanol–water partition coefficient (Wildman–Crippen LogP) is -0.261. The molecule has 0 aliphatic heterocycles. The van der Waals surface area contributed by atoms with Crippen molar-refractivity contribution in [1.82, 2.24) is 15.0 Å². The number of aromatic nitrogens is 3. The van der Waals surface area contributed by atoms with E-state index in [4.69, 9.17) is 5.26 Å².